The van der Waals surface area contributed by atoms with Crippen molar-refractivity contribution in [1.29, 1.82) is 0 Å². The van der Waals surface area contributed by atoms with Crippen LogP contribution in [-0.4, -0.2) is 23.0 Å². The zero-order valence-corrected chi connectivity index (χ0v) is 16.7. The molecule has 1 aromatic heterocycles. The van der Waals surface area contributed by atoms with Crippen LogP contribution >= 0.6 is 11.3 Å². The van der Waals surface area contributed by atoms with Gasteiger partial charge in [0.25, 0.3) is 0 Å². The number of carbonyl (C=O) groups excluding carboxylic acids is 1. The van der Waals surface area contributed by atoms with Gasteiger partial charge in [0.05, 0.1) is 16.6 Å². The number of aryl methyl sites for hydroxylation is 1. The van der Waals surface area contributed by atoms with Gasteiger partial charge in [0.15, 0.2) is 0 Å². The van der Waals surface area contributed by atoms with E-state index in [9.17, 15) is 9.18 Å². The van der Waals surface area contributed by atoms with Crippen LogP contribution in [0.4, 0.5) is 4.39 Å². The van der Waals surface area contributed by atoms with Crippen LogP contribution < -0.4 is 10.6 Å². The monoisotopic (exact) mass is 399 g/mol. The van der Waals surface area contributed by atoms with Crippen molar-refractivity contribution >= 4 is 17.2 Å². The normalized spacial score (nSPS) is 28.8. The van der Waals surface area contributed by atoms with Crippen molar-refractivity contribution < 1.29 is 9.18 Å². The molecular formula is C22H26FN3OS. The number of amides is 1. The van der Waals surface area contributed by atoms with Crippen LogP contribution in [0.1, 0.15) is 61.6 Å². The maximum absolute atomic E-state index is 13.2. The van der Waals surface area contributed by atoms with Crippen LogP contribution in [0, 0.1) is 11.7 Å². The van der Waals surface area contributed by atoms with Gasteiger partial charge in [-0.1, -0.05) is 0 Å². The molecule has 0 radical (unpaired) electrons. The molecule has 2 fully saturated rings. The molecule has 3 unspecified atom stereocenters. The third kappa shape index (κ3) is 3.72. The second kappa shape index (κ2) is 7.56. The lowest BCUT2D eigenvalue weighted by Crippen LogP contribution is -2.40. The van der Waals surface area contributed by atoms with E-state index in [1.54, 1.807) is 23.5 Å². The molecule has 28 heavy (non-hydrogen) atoms. The predicted molar refractivity (Wildman–Crippen MR) is 109 cm³/mol. The van der Waals surface area contributed by atoms with Gasteiger partial charge in [0, 0.05) is 24.1 Å². The van der Waals surface area contributed by atoms with Crippen LogP contribution in [0.15, 0.2) is 24.3 Å². The third-order valence-electron chi connectivity index (χ3n) is 6.42. The largest absolute Gasteiger partial charge is 0.348 e. The number of halogens is 1. The smallest absolute Gasteiger partial charge is 0.220 e. The second-order valence-electron chi connectivity index (χ2n) is 8.53. The fourth-order valence-corrected chi connectivity index (χ4v) is 6.33. The molecule has 0 spiro atoms. The number of hydrogen-bond acceptors (Lipinski definition) is 4. The molecule has 5 rings (SSSR count). The van der Waals surface area contributed by atoms with Gasteiger partial charge in [-0.3, -0.25) is 4.79 Å². The Bertz CT molecular complexity index is 853. The third-order valence-corrected chi connectivity index (χ3v) is 7.68. The number of carbonyl (C=O) groups is 1. The zero-order valence-electron chi connectivity index (χ0n) is 15.9. The summed E-state index contributed by atoms with van der Waals surface area (Å²) in [6.07, 6.45) is 8.41. The van der Waals surface area contributed by atoms with Gasteiger partial charge in [0.2, 0.25) is 5.91 Å². The van der Waals surface area contributed by atoms with Crippen molar-refractivity contribution in [1.82, 2.24) is 15.6 Å². The number of hydrogen-bond donors (Lipinski definition) is 2. The highest BCUT2D eigenvalue weighted by molar-refractivity contribution is 7.15. The molecule has 3 atom stereocenters. The molecule has 1 amide bonds. The highest BCUT2D eigenvalue weighted by Gasteiger charge is 2.35. The second-order valence-corrected chi connectivity index (χ2v) is 9.56. The lowest BCUT2D eigenvalue weighted by molar-refractivity contribution is -0.123. The van der Waals surface area contributed by atoms with E-state index in [4.69, 9.17) is 4.98 Å². The molecule has 2 N–H and O–H groups in total. The molecule has 3 aliphatic rings. The summed E-state index contributed by atoms with van der Waals surface area (Å²) in [4.78, 5) is 18.7. The van der Waals surface area contributed by atoms with E-state index in [0.717, 1.165) is 48.4 Å². The first-order valence-electron chi connectivity index (χ1n) is 10.4. The van der Waals surface area contributed by atoms with Crippen molar-refractivity contribution in [3.63, 3.8) is 0 Å². The Labute approximate surface area is 169 Å². The van der Waals surface area contributed by atoms with Gasteiger partial charge in [-0.2, -0.15) is 0 Å². The molecule has 1 aliphatic carbocycles. The van der Waals surface area contributed by atoms with Crippen LogP contribution in [0.5, 0.6) is 0 Å². The minimum atomic E-state index is -0.235. The number of thiazole rings is 1. The van der Waals surface area contributed by atoms with E-state index in [0.29, 0.717) is 24.4 Å². The van der Waals surface area contributed by atoms with Gasteiger partial charge in [-0.05, 0) is 75.1 Å². The van der Waals surface area contributed by atoms with Crippen LogP contribution in [0.3, 0.4) is 0 Å². The number of nitrogens with one attached hydrogen (secondary N) is 2. The number of rotatable bonds is 4. The first kappa shape index (κ1) is 18.3. The zero-order chi connectivity index (χ0) is 19.1. The summed E-state index contributed by atoms with van der Waals surface area (Å²) in [5.41, 5.74) is 2.04. The molecule has 4 nitrogen and oxygen atoms in total. The minimum Gasteiger partial charge on any atom is -0.348 e. The van der Waals surface area contributed by atoms with Crippen LogP contribution in [0.25, 0.3) is 10.6 Å². The Kier molecular flexibility index (Phi) is 4.93. The van der Waals surface area contributed by atoms with Crippen molar-refractivity contribution in [3.8, 4) is 10.6 Å². The minimum absolute atomic E-state index is 0.0707. The molecule has 3 heterocycles. The summed E-state index contributed by atoms with van der Waals surface area (Å²) in [6.45, 7) is 0. The van der Waals surface area contributed by atoms with E-state index in [1.165, 1.54) is 29.9 Å². The molecule has 0 saturated carbocycles. The molecule has 148 valence electrons. The topological polar surface area (TPSA) is 54.0 Å². The number of fused-ring (bicyclic) bond motifs is 3. The molecule has 2 aromatic rings. The average Bonchev–Trinajstić information content (AvgIpc) is 3.26. The lowest BCUT2D eigenvalue weighted by Gasteiger charge is -2.29. The molecule has 2 aliphatic heterocycles. The maximum atomic E-state index is 13.2. The standard InChI is InChI=1S/C22H26FN3OS/c23-15-6-4-14(5-7-15)22-26-19-3-1-2-18(21(19)28-22)25-20(27)12-13-10-16-8-9-17(11-13)24-16/h4-7,13,16-18,24H,1-3,8-12H2,(H,25,27). The lowest BCUT2D eigenvalue weighted by atomic mass is 9.89. The van der Waals surface area contributed by atoms with Gasteiger partial charge < -0.3 is 10.6 Å². The summed E-state index contributed by atoms with van der Waals surface area (Å²) >= 11 is 1.64. The van der Waals surface area contributed by atoms with Crippen molar-refractivity contribution in [2.45, 2.75) is 69.5 Å². The molecule has 2 bridgehead atoms. The van der Waals surface area contributed by atoms with E-state index in [1.807, 2.05) is 0 Å². The van der Waals surface area contributed by atoms with Gasteiger partial charge in [-0.25, -0.2) is 9.37 Å². The quantitative estimate of drug-likeness (QED) is 0.803. The Balaban J connectivity index is 1.27. The molecule has 1 aromatic carbocycles. The van der Waals surface area contributed by atoms with Crippen LogP contribution in [0.2, 0.25) is 0 Å². The molecule has 6 heteroatoms. The Morgan fingerprint density at radius 3 is 2.68 bits per heavy atom. The average molecular weight is 400 g/mol. The van der Waals surface area contributed by atoms with Gasteiger partial charge in [-0.15, -0.1) is 11.3 Å². The SMILES string of the molecule is O=C(CC1CC2CCC(C1)N2)NC1CCCc2nc(-c3ccc(F)cc3)sc21. The van der Waals surface area contributed by atoms with Gasteiger partial charge >= 0.3 is 0 Å². The number of aromatic nitrogens is 1. The van der Waals surface area contributed by atoms with Crippen molar-refractivity contribution in [2.24, 2.45) is 5.92 Å². The van der Waals surface area contributed by atoms with Crippen molar-refractivity contribution in [3.05, 3.63) is 40.7 Å². The fourth-order valence-electron chi connectivity index (χ4n) is 5.13. The summed E-state index contributed by atoms with van der Waals surface area (Å²) in [6, 6.07) is 7.82. The Morgan fingerprint density at radius 1 is 1.18 bits per heavy atom. The van der Waals surface area contributed by atoms with E-state index in [-0.39, 0.29) is 17.8 Å². The van der Waals surface area contributed by atoms with Gasteiger partial charge in [0.1, 0.15) is 10.8 Å². The summed E-state index contributed by atoms with van der Waals surface area (Å²) in [5, 5.41) is 7.86. The number of benzene rings is 1. The first-order valence-corrected chi connectivity index (χ1v) is 11.3. The van der Waals surface area contributed by atoms with E-state index >= 15 is 0 Å². The number of nitrogens with zero attached hydrogens (tertiary/aromatic N) is 1. The summed E-state index contributed by atoms with van der Waals surface area (Å²) in [7, 11) is 0. The van der Waals surface area contributed by atoms with E-state index < -0.39 is 0 Å². The Hall–Kier alpha value is -1.79. The van der Waals surface area contributed by atoms with E-state index in [2.05, 4.69) is 10.6 Å². The van der Waals surface area contributed by atoms with Crippen LogP contribution in [-0.2, 0) is 11.2 Å². The molecule has 2 saturated heterocycles. The maximum Gasteiger partial charge on any atom is 0.220 e. The van der Waals surface area contributed by atoms with Crippen molar-refractivity contribution in [2.75, 3.05) is 0 Å². The molecular weight excluding hydrogens is 373 g/mol. The summed E-state index contributed by atoms with van der Waals surface area (Å²) in [5.74, 6) is 0.459. The fraction of sp³-hybridized carbons (Fsp3) is 0.545. The number of piperidine rings is 1. The first-order chi connectivity index (χ1) is 13.6. The Morgan fingerprint density at radius 2 is 1.93 bits per heavy atom. The predicted octanol–water partition coefficient (Wildman–Crippen LogP) is 4.36. The summed E-state index contributed by atoms with van der Waals surface area (Å²) < 4.78 is 13.2. The highest BCUT2D eigenvalue weighted by atomic mass is 32.1. The highest BCUT2D eigenvalue weighted by Crippen LogP contribution is 2.38.